The molecule has 1 heterocycles. The first-order chi connectivity index (χ1) is 5.52. The van der Waals surface area contributed by atoms with Gasteiger partial charge in [0.15, 0.2) is 7.29 Å². The quantitative estimate of drug-likeness (QED) is 0.543. The standard InChI is InChI=1S/C9H18NOP/c1-8(2)6-10-12(11)5-4-9(3)7-12/h4,8H,5-7H2,1-3H3,(H,10,11)/t12-/m0/s1. The molecule has 0 amide bonds. The first-order valence-corrected chi connectivity index (χ1v) is 6.58. The van der Waals surface area contributed by atoms with E-state index in [1.807, 2.05) is 0 Å². The average Bonchev–Trinajstić information content (AvgIpc) is 2.29. The van der Waals surface area contributed by atoms with Crippen molar-refractivity contribution in [2.75, 3.05) is 18.9 Å². The number of allylic oxidation sites excluding steroid dienone is 2. The van der Waals surface area contributed by atoms with Crippen LogP contribution >= 0.6 is 7.29 Å². The van der Waals surface area contributed by atoms with Gasteiger partial charge in [-0.1, -0.05) is 25.5 Å². The maximum Gasteiger partial charge on any atom is 0.155 e. The van der Waals surface area contributed by atoms with Gasteiger partial charge in [-0.2, -0.15) is 0 Å². The highest BCUT2D eigenvalue weighted by Gasteiger charge is 2.25. The van der Waals surface area contributed by atoms with Crippen molar-refractivity contribution >= 4 is 7.29 Å². The van der Waals surface area contributed by atoms with Gasteiger partial charge in [0.05, 0.1) is 0 Å². The first kappa shape index (κ1) is 10.0. The molecule has 2 nitrogen and oxygen atoms in total. The molecule has 0 radical (unpaired) electrons. The molecule has 0 aromatic heterocycles. The Morgan fingerprint density at radius 2 is 2.33 bits per heavy atom. The highest BCUT2D eigenvalue weighted by atomic mass is 31.2. The van der Waals surface area contributed by atoms with E-state index in [0.29, 0.717) is 5.92 Å². The van der Waals surface area contributed by atoms with Crippen LogP contribution < -0.4 is 5.09 Å². The SMILES string of the molecule is CC1=CC[P@@](=O)(NCC(C)C)C1. The Morgan fingerprint density at radius 3 is 2.75 bits per heavy atom. The lowest BCUT2D eigenvalue weighted by Crippen LogP contribution is -2.18. The topological polar surface area (TPSA) is 29.1 Å². The molecule has 0 unspecified atom stereocenters. The smallest absolute Gasteiger partial charge is 0.155 e. The molecular weight excluding hydrogens is 169 g/mol. The summed E-state index contributed by atoms with van der Waals surface area (Å²) in [5.41, 5.74) is 1.27. The number of hydrogen-bond donors (Lipinski definition) is 1. The predicted molar refractivity (Wildman–Crippen MR) is 53.9 cm³/mol. The predicted octanol–water partition coefficient (Wildman–Crippen LogP) is 2.47. The number of nitrogens with one attached hydrogen (secondary N) is 1. The summed E-state index contributed by atoms with van der Waals surface area (Å²) in [5.74, 6) is 0.580. The van der Waals surface area contributed by atoms with Crippen LogP contribution in [0.5, 0.6) is 0 Å². The van der Waals surface area contributed by atoms with Gasteiger partial charge in [-0.3, -0.25) is 5.09 Å². The maximum absolute atomic E-state index is 12.0. The third-order valence-corrected chi connectivity index (χ3v) is 4.57. The minimum atomic E-state index is -2.02. The van der Waals surface area contributed by atoms with E-state index in [2.05, 4.69) is 31.9 Å². The van der Waals surface area contributed by atoms with Gasteiger partial charge in [0, 0.05) is 18.9 Å². The molecule has 0 aromatic rings. The summed E-state index contributed by atoms with van der Waals surface area (Å²) < 4.78 is 12.0. The molecule has 12 heavy (non-hydrogen) atoms. The third kappa shape index (κ3) is 2.76. The zero-order valence-corrected chi connectivity index (χ0v) is 9.03. The maximum atomic E-state index is 12.0. The third-order valence-electron chi connectivity index (χ3n) is 2.03. The Hall–Kier alpha value is -0.0700. The summed E-state index contributed by atoms with van der Waals surface area (Å²) in [6.45, 7) is 7.19. The Labute approximate surface area is 74.9 Å². The summed E-state index contributed by atoms with van der Waals surface area (Å²) in [5, 5.41) is 3.19. The largest absolute Gasteiger partial charge is 0.306 e. The second-order valence-electron chi connectivity index (χ2n) is 4.04. The van der Waals surface area contributed by atoms with Crippen molar-refractivity contribution in [2.45, 2.75) is 20.8 Å². The van der Waals surface area contributed by atoms with Crippen LogP contribution in [0.25, 0.3) is 0 Å². The van der Waals surface area contributed by atoms with Crippen LogP contribution in [-0.4, -0.2) is 18.9 Å². The van der Waals surface area contributed by atoms with E-state index in [-0.39, 0.29) is 0 Å². The normalized spacial score (nSPS) is 29.5. The highest BCUT2D eigenvalue weighted by Crippen LogP contribution is 2.47. The Kier molecular flexibility index (Phi) is 3.14. The van der Waals surface area contributed by atoms with Crippen molar-refractivity contribution in [2.24, 2.45) is 5.92 Å². The highest BCUT2D eigenvalue weighted by molar-refractivity contribution is 7.62. The minimum Gasteiger partial charge on any atom is -0.306 e. The number of hydrogen-bond acceptors (Lipinski definition) is 1. The van der Waals surface area contributed by atoms with E-state index in [1.165, 1.54) is 5.57 Å². The molecule has 1 aliphatic rings. The summed E-state index contributed by atoms with van der Waals surface area (Å²) >= 11 is 0. The molecule has 0 spiro atoms. The van der Waals surface area contributed by atoms with Crippen molar-refractivity contribution in [1.82, 2.24) is 5.09 Å². The Bertz CT molecular complexity index is 233. The lowest BCUT2D eigenvalue weighted by Gasteiger charge is -2.15. The van der Waals surface area contributed by atoms with Crippen LogP contribution in [0.1, 0.15) is 20.8 Å². The fraction of sp³-hybridized carbons (Fsp3) is 0.778. The summed E-state index contributed by atoms with van der Waals surface area (Å²) in [4.78, 5) is 0. The van der Waals surface area contributed by atoms with Gasteiger partial charge in [0.1, 0.15) is 0 Å². The van der Waals surface area contributed by atoms with Gasteiger partial charge < -0.3 is 4.57 Å². The fourth-order valence-corrected chi connectivity index (χ4v) is 3.91. The second-order valence-corrected chi connectivity index (χ2v) is 6.81. The van der Waals surface area contributed by atoms with E-state index < -0.39 is 7.29 Å². The molecule has 1 rings (SSSR count). The van der Waals surface area contributed by atoms with E-state index in [4.69, 9.17) is 0 Å². The lowest BCUT2D eigenvalue weighted by atomic mass is 10.2. The van der Waals surface area contributed by atoms with E-state index in [0.717, 1.165) is 18.9 Å². The average molecular weight is 187 g/mol. The summed E-state index contributed by atoms with van der Waals surface area (Å²) in [6, 6.07) is 0. The molecule has 0 bridgehead atoms. The molecular formula is C9H18NOP. The zero-order chi connectivity index (χ0) is 9.19. The Morgan fingerprint density at radius 1 is 1.67 bits per heavy atom. The molecule has 1 aliphatic heterocycles. The van der Waals surface area contributed by atoms with Crippen molar-refractivity contribution in [3.05, 3.63) is 11.6 Å². The van der Waals surface area contributed by atoms with Crippen molar-refractivity contribution in [1.29, 1.82) is 0 Å². The molecule has 70 valence electrons. The molecule has 1 N–H and O–H groups in total. The van der Waals surface area contributed by atoms with Crippen LogP contribution in [0.4, 0.5) is 0 Å². The van der Waals surface area contributed by atoms with Crippen molar-refractivity contribution in [3.8, 4) is 0 Å². The molecule has 3 heteroatoms. The van der Waals surface area contributed by atoms with E-state index in [9.17, 15) is 4.57 Å². The summed E-state index contributed by atoms with van der Waals surface area (Å²) in [7, 11) is -2.02. The van der Waals surface area contributed by atoms with E-state index >= 15 is 0 Å². The minimum absolute atomic E-state index is 0.580. The molecule has 0 saturated heterocycles. The van der Waals surface area contributed by atoms with Crippen LogP contribution in [-0.2, 0) is 4.57 Å². The number of rotatable bonds is 3. The molecule has 0 aliphatic carbocycles. The molecule has 1 atom stereocenters. The van der Waals surface area contributed by atoms with Crippen molar-refractivity contribution in [3.63, 3.8) is 0 Å². The monoisotopic (exact) mass is 187 g/mol. The Balaban J connectivity index is 2.38. The van der Waals surface area contributed by atoms with Crippen LogP contribution in [0.3, 0.4) is 0 Å². The van der Waals surface area contributed by atoms with Gasteiger partial charge in [-0.05, 0) is 12.8 Å². The van der Waals surface area contributed by atoms with Crippen molar-refractivity contribution < 1.29 is 4.57 Å². The molecule has 0 aromatic carbocycles. The summed E-state index contributed by atoms with van der Waals surface area (Å²) in [6.07, 6.45) is 3.62. The molecule has 0 saturated carbocycles. The van der Waals surface area contributed by atoms with Gasteiger partial charge in [-0.25, -0.2) is 0 Å². The van der Waals surface area contributed by atoms with Gasteiger partial charge in [0.25, 0.3) is 0 Å². The molecule has 0 fully saturated rings. The van der Waals surface area contributed by atoms with Gasteiger partial charge >= 0.3 is 0 Å². The van der Waals surface area contributed by atoms with Gasteiger partial charge in [0.2, 0.25) is 0 Å². The van der Waals surface area contributed by atoms with Crippen LogP contribution in [0, 0.1) is 5.92 Å². The van der Waals surface area contributed by atoms with Crippen LogP contribution in [0.15, 0.2) is 11.6 Å². The van der Waals surface area contributed by atoms with E-state index in [1.54, 1.807) is 0 Å². The second kappa shape index (κ2) is 3.76. The fourth-order valence-electron chi connectivity index (χ4n) is 1.30. The van der Waals surface area contributed by atoms with Gasteiger partial charge in [-0.15, -0.1) is 0 Å². The van der Waals surface area contributed by atoms with Crippen LogP contribution in [0.2, 0.25) is 0 Å². The first-order valence-electron chi connectivity index (χ1n) is 4.51. The zero-order valence-electron chi connectivity index (χ0n) is 8.13. The lowest BCUT2D eigenvalue weighted by molar-refractivity contribution is 0.554.